The van der Waals surface area contributed by atoms with Crippen molar-refractivity contribution in [1.82, 2.24) is 14.7 Å². The summed E-state index contributed by atoms with van der Waals surface area (Å²) in [6.45, 7) is 1.33. The molecule has 0 radical (unpaired) electrons. The zero-order chi connectivity index (χ0) is 14.2. The number of amides is 4. The van der Waals surface area contributed by atoms with E-state index in [4.69, 9.17) is 4.74 Å². The monoisotopic (exact) mass is 265 g/mol. The number of nitrogens with zero attached hydrogens (tertiary/aromatic N) is 3. The fourth-order valence-corrected chi connectivity index (χ4v) is 1.83. The number of allylic oxidation sites excluding steroid dienone is 2. The molecule has 0 aromatic carbocycles. The van der Waals surface area contributed by atoms with Crippen LogP contribution in [-0.2, 0) is 14.3 Å². The minimum absolute atomic E-state index is 0.0546. The summed E-state index contributed by atoms with van der Waals surface area (Å²) in [6.07, 6.45) is 2.96. The van der Waals surface area contributed by atoms with Gasteiger partial charge in [0.15, 0.2) is 5.88 Å². The lowest BCUT2D eigenvalue weighted by Gasteiger charge is -2.28. The third kappa shape index (κ3) is 2.18. The minimum atomic E-state index is -0.631. The average molecular weight is 265 g/mol. The summed E-state index contributed by atoms with van der Waals surface area (Å²) in [5, 5.41) is 0. The molecule has 2 saturated heterocycles. The predicted molar refractivity (Wildman–Crippen MR) is 65.7 cm³/mol. The molecular weight excluding hydrogens is 250 g/mol. The summed E-state index contributed by atoms with van der Waals surface area (Å²) in [6, 6.07) is -0.631. The maximum atomic E-state index is 11.9. The highest BCUT2D eigenvalue weighted by Crippen LogP contribution is 2.16. The molecule has 7 heteroatoms. The van der Waals surface area contributed by atoms with Crippen molar-refractivity contribution in [3.63, 3.8) is 0 Å². The maximum Gasteiger partial charge on any atom is 0.333 e. The first-order valence-corrected chi connectivity index (χ1v) is 5.79. The molecule has 0 unspecified atom stereocenters. The Balaban J connectivity index is 2.30. The Morgan fingerprint density at radius 1 is 1.00 bits per heavy atom. The van der Waals surface area contributed by atoms with Gasteiger partial charge in [-0.1, -0.05) is 0 Å². The molecule has 2 aliphatic heterocycles. The summed E-state index contributed by atoms with van der Waals surface area (Å²) in [7, 11) is 4.53. The Hall–Kier alpha value is -2.31. The molecule has 0 aliphatic carbocycles. The highest BCUT2D eigenvalue weighted by molar-refractivity contribution is 6.28. The quantitative estimate of drug-likeness (QED) is 0.483. The van der Waals surface area contributed by atoms with E-state index in [9.17, 15) is 14.4 Å². The summed E-state index contributed by atoms with van der Waals surface area (Å²) < 4.78 is 5.33. The first-order chi connectivity index (χ1) is 8.93. The first kappa shape index (κ1) is 13.1. The summed E-state index contributed by atoms with van der Waals surface area (Å²) in [4.78, 5) is 39.0. The van der Waals surface area contributed by atoms with Crippen LogP contribution in [0.5, 0.6) is 0 Å². The number of hydrogen-bond donors (Lipinski definition) is 0. The van der Waals surface area contributed by atoms with E-state index in [1.54, 1.807) is 6.08 Å². The lowest BCUT2D eigenvalue weighted by molar-refractivity contribution is -0.134. The molecule has 0 spiro atoms. The number of urea groups is 1. The molecule has 0 atom stereocenters. The molecule has 0 aromatic heterocycles. The van der Waals surface area contributed by atoms with E-state index in [0.717, 1.165) is 16.3 Å². The minimum Gasteiger partial charge on any atom is -0.477 e. The van der Waals surface area contributed by atoms with E-state index in [1.165, 1.54) is 20.2 Å². The van der Waals surface area contributed by atoms with Gasteiger partial charge >= 0.3 is 6.03 Å². The zero-order valence-corrected chi connectivity index (χ0v) is 11.0. The van der Waals surface area contributed by atoms with E-state index >= 15 is 0 Å². The van der Waals surface area contributed by atoms with E-state index in [0.29, 0.717) is 12.5 Å². The molecule has 0 saturated carbocycles. The molecule has 2 heterocycles. The molecule has 102 valence electrons. The molecule has 0 aromatic rings. The van der Waals surface area contributed by atoms with Crippen LogP contribution in [0.15, 0.2) is 23.6 Å². The zero-order valence-electron chi connectivity index (χ0n) is 11.0. The largest absolute Gasteiger partial charge is 0.477 e. The van der Waals surface area contributed by atoms with E-state index in [1.807, 2.05) is 11.9 Å². The molecule has 0 bridgehead atoms. The van der Waals surface area contributed by atoms with Crippen LogP contribution in [0.25, 0.3) is 0 Å². The topological polar surface area (TPSA) is 70.2 Å². The predicted octanol–water partition coefficient (Wildman–Crippen LogP) is -0.233. The Bertz CT molecular complexity index is 483. The van der Waals surface area contributed by atoms with Crippen LogP contribution < -0.4 is 0 Å². The number of hydrogen-bond acceptors (Lipinski definition) is 5. The van der Waals surface area contributed by atoms with Crippen LogP contribution in [0.4, 0.5) is 4.79 Å². The highest BCUT2D eigenvalue weighted by atomic mass is 16.5. The van der Waals surface area contributed by atoms with Gasteiger partial charge in [0.2, 0.25) is 0 Å². The third-order valence-corrected chi connectivity index (χ3v) is 3.09. The van der Waals surface area contributed by atoms with E-state index < -0.39 is 17.8 Å². The molecule has 2 aliphatic rings. The second kappa shape index (κ2) is 4.75. The van der Waals surface area contributed by atoms with Crippen molar-refractivity contribution in [1.29, 1.82) is 0 Å². The molecular formula is C12H15N3O4. The van der Waals surface area contributed by atoms with Gasteiger partial charge in [-0.2, -0.15) is 0 Å². The summed E-state index contributed by atoms with van der Waals surface area (Å²) in [5.74, 6) is -0.619. The van der Waals surface area contributed by atoms with Crippen LogP contribution in [0, 0.1) is 0 Å². The van der Waals surface area contributed by atoms with E-state index in [2.05, 4.69) is 0 Å². The Kier molecular flexibility index (Phi) is 3.28. The van der Waals surface area contributed by atoms with Crippen LogP contribution in [-0.4, -0.2) is 66.8 Å². The maximum absolute atomic E-state index is 11.9. The van der Waals surface area contributed by atoms with Gasteiger partial charge in [-0.05, 0) is 12.2 Å². The number of likely N-dealkylation sites (N-methyl/N-ethyl adjacent to an activating group) is 3. The van der Waals surface area contributed by atoms with Crippen LogP contribution in [0.3, 0.4) is 0 Å². The van der Waals surface area contributed by atoms with Crippen molar-refractivity contribution >= 4 is 17.8 Å². The van der Waals surface area contributed by atoms with Gasteiger partial charge in [0.05, 0.1) is 6.54 Å². The smallest absolute Gasteiger partial charge is 0.333 e. The van der Waals surface area contributed by atoms with Gasteiger partial charge < -0.3 is 9.64 Å². The second-order valence-corrected chi connectivity index (χ2v) is 4.37. The summed E-state index contributed by atoms with van der Waals surface area (Å²) >= 11 is 0. The van der Waals surface area contributed by atoms with Gasteiger partial charge in [0.1, 0.15) is 12.2 Å². The molecule has 19 heavy (non-hydrogen) atoms. The Labute approximate surface area is 110 Å². The molecule has 2 rings (SSSR count). The van der Waals surface area contributed by atoms with Crippen molar-refractivity contribution in [3.8, 4) is 0 Å². The normalized spacial score (nSPS) is 22.5. The molecule has 7 nitrogen and oxygen atoms in total. The van der Waals surface area contributed by atoms with Crippen molar-refractivity contribution in [3.05, 3.63) is 23.6 Å². The number of rotatable bonds is 1. The molecule has 4 amide bonds. The molecule has 2 fully saturated rings. The second-order valence-electron chi connectivity index (χ2n) is 4.37. The van der Waals surface area contributed by atoms with Gasteiger partial charge in [0, 0.05) is 21.1 Å². The Morgan fingerprint density at radius 2 is 1.58 bits per heavy atom. The van der Waals surface area contributed by atoms with Gasteiger partial charge in [-0.3, -0.25) is 19.4 Å². The number of ether oxygens (including phenoxy) is 1. The summed E-state index contributed by atoms with van der Waals surface area (Å²) in [5.41, 5.74) is -0.0546. The number of barbiturate groups is 1. The van der Waals surface area contributed by atoms with Crippen molar-refractivity contribution in [2.45, 2.75) is 0 Å². The third-order valence-electron chi connectivity index (χ3n) is 3.09. The van der Waals surface area contributed by atoms with Crippen molar-refractivity contribution in [2.24, 2.45) is 0 Å². The highest BCUT2D eigenvalue weighted by Gasteiger charge is 2.37. The standard InChI is InChI=1S/C12H15N3O4/c1-13-6-7-19-9(13)5-4-8-10(16)14(2)12(18)15(3)11(8)17/h4-5H,6-7H2,1-3H3/b9-5+. The fourth-order valence-electron chi connectivity index (χ4n) is 1.83. The van der Waals surface area contributed by atoms with Crippen molar-refractivity contribution in [2.75, 3.05) is 34.3 Å². The van der Waals surface area contributed by atoms with Crippen molar-refractivity contribution < 1.29 is 19.1 Å². The van der Waals surface area contributed by atoms with Crippen LogP contribution in [0.1, 0.15) is 0 Å². The average Bonchev–Trinajstić information content (AvgIpc) is 2.80. The van der Waals surface area contributed by atoms with Gasteiger partial charge in [0.25, 0.3) is 11.8 Å². The number of carbonyl (C=O) groups is 3. The first-order valence-electron chi connectivity index (χ1n) is 5.79. The number of carbonyl (C=O) groups excluding carboxylic acids is 3. The SMILES string of the molecule is CN1C(=O)C(=C/C=C2/OCCN2C)C(=O)N(C)C1=O. The van der Waals surface area contributed by atoms with E-state index in [-0.39, 0.29) is 5.57 Å². The Morgan fingerprint density at radius 3 is 2.05 bits per heavy atom. The van der Waals surface area contributed by atoms with Crippen LogP contribution >= 0.6 is 0 Å². The van der Waals surface area contributed by atoms with Gasteiger partial charge in [-0.25, -0.2) is 4.79 Å². The number of imide groups is 2. The fraction of sp³-hybridized carbons (Fsp3) is 0.417. The van der Waals surface area contributed by atoms with Crippen LogP contribution in [0.2, 0.25) is 0 Å². The lowest BCUT2D eigenvalue weighted by atomic mass is 10.1. The molecule has 0 N–H and O–H groups in total. The van der Waals surface area contributed by atoms with Gasteiger partial charge in [-0.15, -0.1) is 0 Å². The lowest BCUT2D eigenvalue weighted by Crippen LogP contribution is -2.53.